The molecular weight excluding hydrogens is 347 g/mol. The number of oxazole rings is 1. The molecule has 0 saturated heterocycles. The van der Waals surface area contributed by atoms with Crippen molar-refractivity contribution in [1.29, 1.82) is 0 Å². The second kappa shape index (κ2) is 8.49. The molecule has 140 valence electrons. The van der Waals surface area contributed by atoms with Crippen LogP contribution in [0.3, 0.4) is 0 Å². The van der Waals surface area contributed by atoms with Gasteiger partial charge in [-0.05, 0) is 43.2 Å². The van der Waals surface area contributed by atoms with E-state index >= 15 is 0 Å². The number of amides is 1. The SMILES string of the molecule is COc1ccccc1CCNC(=O)Cc1nc(-c2cccc(F)c2)oc1C. The molecule has 5 nitrogen and oxygen atoms in total. The summed E-state index contributed by atoms with van der Waals surface area (Å²) < 4.78 is 24.3. The Morgan fingerprint density at radius 1 is 1.22 bits per heavy atom. The number of hydrogen-bond acceptors (Lipinski definition) is 4. The molecule has 0 fully saturated rings. The molecule has 0 saturated carbocycles. The van der Waals surface area contributed by atoms with Crippen molar-refractivity contribution in [1.82, 2.24) is 10.3 Å². The summed E-state index contributed by atoms with van der Waals surface area (Å²) in [7, 11) is 1.63. The molecule has 0 radical (unpaired) electrons. The van der Waals surface area contributed by atoms with Crippen LogP contribution in [0.4, 0.5) is 4.39 Å². The van der Waals surface area contributed by atoms with Gasteiger partial charge in [-0.2, -0.15) is 0 Å². The van der Waals surface area contributed by atoms with Gasteiger partial charge in [-0.3, -0.25) is 4.79 Å². The zero-order valence-electron chi connectivity index (χ0n) is 15.3. The minimum atomic E-state index is -0.362. The predicted octanol–water partition coefficient (Wildman–Crippen LogP) is 3.70. The summed E-state index contributed by atoms with van der Waals surface area (Å²) >= 11 is 0. The molecule has 6 heteroatoms. The topological polar surface area (TPSA) is 64.4 Å². The molecule has 1 N–H and O–H groups in total. The van der Waals surface area contributed by atoms with Gasteiger partial charge in [0.15, 0.2) is 0 Å². The van der Waals surface area contributed by atoms with Crippen molar-refractivity contribution in [2.24, 2.45) is 0 Å². The standard InChI is InChI=1S/C21H21FN2O3/c1-14-18(24-21(27-14)16-7-5-8-17(22)12-16)13-20(25)23-11-10-15-6-3-4-9-19(15)26-2/h3-9,12H,10-11,13H2,1-2H3,(H,23,25). The van der Waals surface area contributed by atoms with Crippen molar-refractivity contribution in [2.75, 3.05) is 13.7 Å². The normalized spacial score (nSPS) is 10.6. The van der Waals surface area contributed by atoms with E-state index in [0.717, 1.165) is 11.3 Å². The van der Waals surface area contributed by atoms with Gasteiger partial charge in [0.25, 0.3) is 0 Å². The van der Waals surface area contributed by atoms with E-state index in [1.54, 1.807) is 26.2 Å². The highest BCUT2D eigenvalue weighted by atomic mass is 19.1. The lowest BCUT2D eigenvalue weighted by Crippen LogP contribution is -2.27. The molecule has 0 unspecified atom stereocenters. The van der Waals surface area contributed by atoms with Crippen LogP contribution in [0.15, 0.2) is 52.9 Å². The largest absolute Gasteiger partial charge is 0.496 e. The molecule has 0 aliphatic rings. The van der Waals surface area contributed by atoms with Crippen LogP contribution < -0.4 is 10.1 Å². The number of methoxy groups -OCH3 is 1. The number of halogens is 1. The van der Waals surface area contributed by atoms with Gasteiger partial charge < -0.3 is 14.5 Å². The molecule has 3 rings (SSSR count). The molecule has 0 aliphatic carbocycles. The molecule has 0 aliphatic heterocycles. The van der Waals surface area contributed by atoms with Crippen molar-refractivity contribution in [2.45, 2.75) is 19.8 Å². The number of ether oxygens (including phenoxy) is 1. The summed E-state index contributed by atoms with van der Waals surface area (Å²) in [6.45, 7) is 2.24. The third kappa shape index (κ3) is 4.73. The van der Waals surface area contributed by atoms with Gasteiger partial charge in [-0.25, -0.2) is 9.37 Å². The van der Waals surface area contributed by atoms with Crippen LogP contribution in [-0.2, 0) is 17.6 Å². The van der Waals surface area contributed by atoms with Crippen LogP contribution >= 0.6 is 0 Å². The van der Waals surface area contributed by atoms with E-state index < -0.39 is 0 Å². The maximum absolute atomic E-state index is 13.4. The third-order valence-corrected chi connectivity index (χ3v) is 4.20. The van der Waals surface area contributed by atoms with Crippen LogP contribution in [0.1, 0.15) is 17.0 Å². The van der Waals surface area contributed by atoms with E-state index in [4.69, 9.17) is 9.15 Å². The van der Waals surface area contributed by atoms with E-state index in [1.165, 1.54) is 12.1 Å². The summed E-state index contributed by atoms with van der Waals surface area (Å²) in [5.41, 5.74) is 2.12. The monoisotopic (exact) mass is 368 g/mol. The van der Waals surface area contributed by atoms with E-state index in [0.29, 0.717) is 35.9 Å². The minimum absolute atomic E-state index is 0.108. The molecule has 0 bridgehead atoms. The fourth-order valence-corrected chi connectivity index (χ4v) is 2.80. The summed E-state index contributed by atoms with van der Waals surface area (Å²) in [6, 6.07) is 13.7. The van der Waals surface area contributed by atoms with E-state index in [9.17, 15) is 9.18 Å². The first-order valence-electron chi connectivity index (χ1n) is 8.67. The lowest BCUT2D eigenvalue weighted by Gasteiger charge is -2.08. The van der Waals surface area contributed by atoms with E-state index in [2.05, 4.69) is 10.3 Å². The Hall–Kier alpha value is -3.15. The molecule has 3 aromatic rings. The van der Waals surface area contributed by atoms with Gasteiger partial charge in [0, 0.05) is 12.1 Å². The van der Waals surface area contributed by atoms with Crippen molar-refractivity contribution in [3.05, 3.63) is 71.4 Å². The van der Waals surface area contributed by atoms with Gasteiger partial charge in [-0.15, -0.1) is 0 Å². The molecule has 0 atom stereocenters. The molecule has 2 aromatic carbocycles. The highest BCUT2D eigenvalue weighted by Crippen LogP contribution is 2.22. The number of carbonyl (C=O) groups excluding carboxylic acids is 1. The van der Waals surface area contributed by atoms with Gasteiger partial charge in [0.2, 0.25) is 11.8 Å². The Balaban J connectivity index is 1.58. The summed E-state index contributed by atoms with van der Waals surface area (Å²) in [4.78, 5) is 16.6. The van der Waals surface area contributed by atoms with Gasteiger partial charge in [0.1, 0.15) is 17.3 Å². The van der Waals surface area contributed by atoms with Crippen LogP contribution in [0.5, 0.6) is 5.75 Å². The summed E-state index contributed by atoms with van der Waals surface area (Å²) in [6.07, 6.45) is 0.776. The Bertz CT molecular complexity index is 937. The Labute approximate surface area is 157 Å². The lowest BCUT2D eigenvalue weighted by molar-refractivity contribution is -0.120. The van der Waals surface area contributed by atoms with E-state index in [1.807, 2.05) is 24.3 Å². The number of hydrogen-bond donors (Lipinski definition) is 1. The van der Waals surface area contributed by atoms with Gasteiger partial charge in [-0.1, -0.05) is 24.3 Å². The first-order valence-corrected chi connectivity index (χ1v) is 8.67. The second-order valence-electron chi connectivity index (χ2n) is 6.12. The second-order valence-corrected chi connectivity index (χ2v) is 6.12. The maximum Gasteiger partial charge on any atom is 0.226 e. The van der Waals surface area contributed by atoms with Gasteiger partial charge in [0.05, 0.1) is 19.2 Å². The number of rotatable bonds is 7. The molecule has 1 aromatic heterocycles. The fraction of sp³-hybridized carbons (Fsp3) is 0.238. The number of benzene rings is 2. The Kier molecular flexibility index (Phi) is 5.86. The van der Waals surface area contributed by atoms with Crippen molar-refractivity contribution < 1.29 is 18.3 Å². The Morgan fingerprint density at radius 3 is 2.81 bits per heavy atom. The molecular formula is C21H21FN2O3. The predicted molar refractivity (Wildman–Crippen MR) is 100 cm³/mol. The lowest BCUT2D eigenvalue weighted by atomic mass is 10.1. The number of aryl methyl sites for hydroxylation is 1. The average Bonchev–Trinajstić information content (AvgIpc) is 3.02. The van der Waals surface area contributed by atoms with Crippen LogP contribution in [0.25, 0.3) is 11.5 Å². The average molecular weight is 368 g/mol. The smallest absolute Gasteiger partial charge is 0.226 e. The van der Waals surface area contributed by atoms with Crippen molar-refractivity contribution >= 4 is 5.91 Å². The quantitative estimate of drug-likeness (QED) is 0.691. The first-order chi connectivity index (χ1) is 13.1. The molecule has 1 heterocycles. The minimum Gasteiger partial charge on any atom is -0.496 e. The molecule has 27 heavy (non-hydrogen) atoms. The van der Waals surface area contributed by atoms with Crippen molar-refractivity contribution in [3.8, 4) is 17.2 Å². The zero-order valence-corrected chi connectivity index (χ0v) is 15.3. The zero-order chi connectivity index (χ0) is 19.2. The summed E-state index contributed by atoms with van der Waals surface area (Å²) in [5.74, 6) is 1.16. The molecule has 0 spiro atoms. The number of aromatic nitrogens is 1. The van der Waals surface area contributed by atoms with Crippen LogP contribution in [-0.4, -0.2) is 24.5 Å². The maximum atomic E-state index is 13.4. The number of nitrogens with zero attached hydrogens (tertiary/aromatic N) is 1. The summed E-state index contributed by atoms with van der Waals surface area (Å²) in [5, 5.41) is 2.88. The fourth-order valence-electron chi connectivity index (χ4n) is 2.80. The van der Waals surface area contributed by atoms with E-state index in [-0.39, 0.29) is 18.1 Å². The highest BCUT2D eigenvalue weighted by molar-refractivity contribution is 5.78. The molecule has 1 amide bonds. The van der Waals surface area contributed by atoms with Crippen LogP contribution in [0, 0.1) is 12.7 Å². The first kappa shape index (κ1) is 18.6. The Morgan fingerprint density at radius 2 is 2.04 bits per heavy atom. The number of nitrogens with one attached hydrogen (secondary N) is 1. The van der Waals surface area contributed by atoms with Gasteiger partial charge >= 0.3 is 0 Å². The van der Waals surface area contributed by atoms with Crippen molar-refractivity contribution in [3.63, 3.8) is 0 Å². The number of para-hydroxylation sites is 1. The number of carbonyl (C=O) groups is 1. The highest BCUT2D eigenvalue weighted by Gasteiger charge is 2.15. The third-order valence-electron chi connectivity index (χ3n) is 4.20. The van der Waals surface area contributed by atoms with Crippen LogP contribution in [0.2, 0.25) is 0 Å².